The summed E-state index contributed by atoms with van der Waals surface area (Å²) in [4.78, 5) is 10.7. The second-order valence-electron chi connectivity index (χ2n) is 4.51. The predicted molar refractivity (Wildman–Crippen MR) is 71.1 cm³/mol. The van der Waals surface area contributed by atoms with E-state index in [9.17, 15) is 9.00 Å². The third kappa shape index (κ3) is 3.65. The molecule has 1 saturated heterocycles. The summed E-state index contributed by atoms with van der Waals surface area (Å²) in [6.07, 6.45) is 1.92. The van der Waals surface area contributed by atoms with Gasteiger partial charge in [-0.25, -0.2) is 4.79 Å². The molecular weight excluding hydrogens is 250 g/mol. The molecule has 4 nitrogen and oxygen atoms in total. The first-order valence-corrected chi connectivity index (χ1v) is 7.54. The Labute approximate surface area is 109 Å². The molecule has 0 bridgehead atoms. The highest BCUT2D eigenvalue weighted by atomic mass is 32.2. The van der Waals surface area contributed by atoms with Crippen LogP contribution < -0.4 is 5.32 Å². The van der Waals surface area contributed by atoms with Crippen LogP contribution in [0.2, 0.25) is 0 Å². The van der Waals surface area contributed by atoms with Gasteiger partial charge in [0.1, 0.15) is 0 Å². The average Bonchev–Trinajstić information content (AvgIpc) is 2.38. The van der Waals surface area contributed by atoms with Gasteiger partial charge in [-0.2, -0.15) is 0 Å². The van der Waals surface area contributed by atoms with Crippen molar-refractivity contribution in [2.24, 2.45) is 0 Å². The third-order valence-corrected chi connectivity index (χ3v) is 4.57. The summed E-state index contributed by atoms with van der Waals surface area (Å²) in [5, 5.41) is 12.2. The van der Waals surface area contributed by atoms with Crippen LogP contribution in [0, 0.1) is 0 Å². The van der Waals surface area contributed by atoms with Gasteiger partial charge in [-0.15, -0.1) is 0 Å². The number of carboxylic acid groups (broad SMARTS) is 1. The molecule has 0 radical (unpaired) electrons. The molecular formula is C13H17NO3S. The van der Waals surface area contributed by atoms with Gasteiger partial charge in [0.15, 0.2) is 0 Å². The van der Waals surface area contributed by atoms with Crippen molar-refractivity contribution in [1.82, 2.24) is 5.32 Å². The minimum Gasteiger partial charge on any atom is -0.478 e. The molecule has 1 aromatic rings. The summed E-state index contributed by atoms with van der Waals surface area (Å²) in [5.41, 5.74) is 1.39. The Morgan fingerprint density at radius 2 is 1.89 bits per heavy atom. The van der Waals surface area contributed by atoms with Gasteiger partial charge in [-0.1, -0.05) is 12.1 Å². The van der Waals surface area contributed by atoms with E-state index in [-0.39, 0.29) is 0 Å². The molecule has 2 rings (SSSR count). The molecule has 1 aromatic carbocycles. The number of carboxylic acids is 1. The molecule has 1 aliphatic heterocycles. The normalized spacial score (nSPS) is 23.8. The van der Waals surface area contributed by atoms with Gasteiger partial charge in [0, 0.05) is 34.9 Å². The molecule has 0 atom stereocenters. The van der Waals surface area contributed by atoms with Gasteiger partial charge < -0.3 is 10.4 Å². The molecule has 1 heterocycles. The number of nitrogens with one attached hydrogen (secondary N) is 1. The van der Waals surface area contributed by atoms with Crippen LogP contribution in [-0.4, -0.2) is 32.8 Å². The molecule has 0 aromatic heterocycles. The molecule has 1 aliphatic rings. The van der Waals surface area contributed by atoms with Gasteiger partial charge in [0.05, 0.1) is 5.56 Å². The van der Waals surface area contributed by atoms with Crippen LogP contribution in [-0.2, 0) is 17.3 Å². The monoisotopic (exact) mass is 267 g/mol. The van der Waals surface area contributed by atoms with E-state index in [1.807, 2.05) is 12.1 Å². The molecule has 0 amide bonds. The Kier molecular flexibility index (Phi) is 4.49. The standard InChI is InChI=1S/C13H17NO3S/c15-13(16)11-3-1-10(2-4-11)9-14-12-5-7-18(17)8-6-12/h1-4,12,14H,5-9H2,(H,15,16). The molecule has 5 heteroatoms. The molecule has 2 N–H and O–H groups in total. The minimum absolute atomic E-state index is 0.312. The van der Waals surface area contributed by atoms with E-state index in [1.165, 1.54) is 0 Å². The highest BCUT2D eigenvalue weighted by molar-refractivity contribution is 7.85. The van der Waals surface area contributed by atoms with E-state index in [4.69, 9.17) is 5.11 Å². The van der Waals surface area contributed by atoms with E-state index < -0.39 is 16.8 Å². The fourth-order valence-electron chi connectivity index (χ4n) is 2.03. The minimum atomic E-state index is -0.899. The second kappa shape index (κ2) is 6.11. The van der Waals surface area contributed by atoms with Gasteiger partial charge in [0.2, 0.25) is 0 Å². The summed E-state index contributed by atoms with van der Waals surface area (Å²) in [7, 11) is -0.623. The van der Waals surface area contributed by atoms with E-state index >= 15 is 0 Å². The first-order valence-electron chi connectivity index (χ1n) is 6.06. The molecule has 18 heavy (non-hydrogen) atoms. The lowest BCUT2D eigenvalue weighted by molar-refractivity contribution is 0.0697. The van der Waals surface area contributed by atoms with Crippen molar-refractivity contribution >= 4 is 16.8 Å². The number of hydrogen-bond donors (Lipinski definition) is 2. The van der Waals surface area contributed by atoms with Crippen LogP contribution in [0.5, 0.6) is 0 Å². The third-order valence-electron chi connectivity index (χ3n) is 3.18. The maximum absolute atomic E-state index is 11.2. The maximum atomic E-state index is 11.2. The Morgan fingerprint density at radius 1 is 1.28 bits per heavy atom. The smallest absolute Gasteiger partial charge is 0.335 e. The number of rotatable bonds is 4. The largest absolute Gasteiger partial charge is 0.478 e. The van der Waals surface area contributed by atoms with Gasteiger partial charge >= 0.3 is 5.97 Å². The summed E-state index contributed by atoms with van der Waals surface area (Å²) in [5.74, 6) is 0.676. The Hall–Kier alpha value is -1.20. The van der Waals surface area contributed by atoms with Crippen molar-refractivity contribution in [2.75, 3.05) is 11.5 Å². The van der Waals surface area contributed by atoms with Gasteiger partial charge in [-0.3, -0.25) is 4.21 Å². The van der Waals surface area contributed by atoms with Crippen molar-refractivity contribution in [1.29, 1.82) is 0 Å². The van der Waals surface area contributed by atoms with E-state index in [0.717, 1.165) is 36.5 Å². The first kappa shape index (κ1) is 13.2. The summed E-state index contributed by atoms with van der Waals surface area (Å²) < 4.78 is 11.2. The highest BCUT2D eigenvalue weighted by Gasteiger charge is 2.16. The van der Waals surface area contributed by atoms with Crippen LogP contribution in [0.1, 0.15) is 28.8 Å². The zero-order valence-corrected chi connectivity index (χ0v) is 10.9. The molecule has 0 unspecified atom stereocenters. The van der Waals surface area contributed by atoms with Gasteiger partial charge in [-0.05, 0) is 30.5 Å². The van der Waals surface area contributed by atoms with Crippen molar-refractivity contribution in [3.63, 3.8) is 0 Å². The lowest BCUT2D eigenvalue weighted by atomic mass is 10.1. The molecule has 0 spiro atoms. The van der Waals surface area contributed by atoms with Crippen molar-refractivity contribution in [2.45, 2.75) is 25.4 Å². The maximum Gasteiger partial charge on any atom is 0.335 e. The van der Waals surface area contributed by atoms with E-state index in [2.05, 4.69) is 5.32 Å². The molecule has 0 saturated carbocycles. The van der Waals surface area contributed by atoms with Crippen LogP contribution in [0.3, 0.4) is 0 Å². The van der Waals surface area contributed by atoms with Crippen molar-refractivity contribution < 1.29 is 14.1 Å². The summed E-state index contributed by atoms with van der Waals surface area (Å²) in [6.45, 7) is 0.733. The molecule has 0 aliphatic carbocycles. The molecule has 1 fully saturated rings. The first-order chi connectivity index (χ1) is 8.65. The molecule has 98 valence electrons. The Bertz CT molecular complexity index is 434. The Balaban J connectivity index is 1.83. The topological polar surface area (TPSA) is 66.4 Å². The van der Waals surface area contributed by atoms with Crippen molar-refractivity contribution in [3.8, 4) is 0 Å². The van der Waals surface area contributed by atoms with Crippen LogP contribution >= 0.6 is 0 Å². The Morgan fingerprint density at radius 3 is 2.44 bits per heavy atom. The second-order valence-corrected chi connectivity index (χ2v) is 6.20. The number of carbonyl (C=O) groups is 1. The average molecular weight is 267 g/mol. The van der Waals surface area contributed by atoms with Crippen LogP contribution in [0.15, 0.2) is 24.3 Å². The lowest BCUT2D eigenvalue weighted by Gasteiger charge is -2.22. The zero-order valence-electron chi connectivity index (χ0n) is 10.1. The fraction of sp³-hybridized carbons (Fsp3) is 0.462. The number of benzene rings is 1. The number of aromatic carboxylic acids is 1. The van der Waals surface area contributed by atoms with E-state index in [0.29, 0.717) is 11.6 Å². The number of hydrogen-bond acceptors (Lipinski definition) is 3. The summed E-state index contributed by atoms with van der Waals surface area (Å²) in [6, 6.07) is 7.33. The quantitative estimate of drug-likeness (QED) is 0.865. The van der Waals surface area contributed by atoms with Gasteiger partial charge in [0.25, 0.3) is 0 Å². The zero-order chi connectivity index (χ0) is 13.0. The van der Waals surface area contributed by atoms with Crippen LogP contribution in [0.25, 0.3) is 0 Å². The highest BCUT2D eigenvalue weighted by Crippen LogP contribution is 2.11. The summed E-state index contributed by atoms with van der Waals surface area (Å²) >= 11 is 0. The van der Waals surface area contributed by atoms with Crippen molar-refractivity contribution in [3.05, 3.63) is 35.4 Å². The lowest BCUT2D eigenvalue weighted by Crippen LogP contribution is -2.35. The van der Waals surface area contributed by atoms with E-state index in [1.54, 1.807) is 12.1 Å². The SMILES string of the molecule is O=C(O)c1ccc(CNC2CCS(=O)CC2)cc1. The van der Waals surface area contributed by atoms with Crippen LogP contribution in [0.4, 0.5) is 0 Å². The fourth-order valence-corrected chi connectivity index (χ4v) is 3.32. The predicted octanol–water partition coefficient (Wildman–Crippen LogP) is 1.39.